The lowest BCUT2D eigenvalue weighted by Crippen LogP contribution is -2.58. The number of thioether (sulfide) groups is 1. The van der Waals surface area contributed by atoms with Gasteiger partial charge in [-0.2, -0.15) is 11.8 Å². The molecule has 1 rings (SSSR count). The van der Waals surface area contributed by atoms with Crippen molar-refractivity contribution in [1.29, 1.82) is 0 Å². The number of nitrogens with zero attached hydrogens (tertiary/aromatic N) is 1. The molecule has 2 N–H and O–H groups in total. The van der Waals surface area contributed by atoms with Gasteiger partial charge in [0.15, 0.2) is 0 Å². The van der Waals surface area contributed by atoms with Crippen LogP contribution in [0.3, 0.4) is 0 Å². The Labute approximate surface area is 124 Å². The molecule has 0 amide bonds. The molecule has 19 heavy (non-hydrogen) atoms. The number of hydrogen-bond acceptors (Lipinski definition) is 3. The molecule has 1 heterocycles. The van der Waals surface area contributed by atoms with E-state index in [9.17, 15) is 0 Å². The molecule has 1 unspecified atom stereocenters. The van der Waals surface area contributed by atoms with E-state index in [4.69, 9.17) is 5.73 Å². The molecule has 1 atom stereocenters. The highest BCUT2D eigenvalue weighted by Gasteiger charge is 2.36. The van der Waals surface area contributed by atoms with E-state index in [1.807, 2.05) is 0 Å². The molecule has 0 aliphatic carbocycles. The molecule has 0 aromatic carbocycles. The van der Waals surface area contributed by atoms with Crippen LogP contribution in [0.1, 0.15) is 53.4 Å². The quantitative estimate of drug-likeness (QED) is 0.739. The maximum atomic E-state index is 6.20. The third-order valence-electron chi connectivity index (χ3n) is 4.31. The summed E-state index contributed by atoms with van der Waals surface area (Å²) in [7, 11) is 0. The Morgan fingerprint density at radius 1 is 1.11 bits per heavy atom. The van der Waals surface area contributed by atoms with E-state index in [-0.39, 0.29) is 5.54 Å². The largest absolute Gasteiger partial charge is 0.329 e. The van der Waals surface area contributed by atoms with E-state index >= 15 is 0 Å². The molecule has 0 aromatic heterocycles. The molecule has 2 nitrogen and oxygen atoms in total. The minimum absolute atomic E-state index is 0.284. The van der Waals surface area contributed by atoms with Gasteiger partial charge in [-0.1, -0.05) is 27.7 Å². The van der Waals surface area contributed by atoms with Gasteiger partial charge in [-0.15, -0.1) is 0 Å². The number of hydrogen-bond donors (Lipinski definition) is 1. The summed E-state index contributed by atoms with van der Waals surface area (Å²) in [6.07, 6.45) is 5.23. The fourth-order valence-electron chi connectivity index (χ4n) is 2.79. The zero-order valence-corrected chi connectivity index (χ0v) is 14.3. The van der Waals surface area contributed by atoms with Crippen LogP contribution >= 0.6 is 11.8 Å². The van der Waals surface area contributed by atoms with Gasteiger partial charge in [0.05, 0.1) is 0 Å². The van der Waals surface area contributed by atoms with Crippen LogP contribution in [0.5, 0.6) is 0 Å². The molecule has 1 fully saturated rings. The van der Waals surface area contributed by atoms with Gasteiger partial charge in [-0.05, 0) is 56.4 Å². The van der Waals surface area contributed by atoms with Gasteiger partial charge in [0.25, 0.3) is 0 Å². The van der Waals surface area contributed by atoms with Crippen molar-refractivity contribution in [2.75, 3.05) is 31.1 Å². The van der Waals surface area contributed by atoms with Gasteiger partial charge in [0.2, 0.25) is 0 Å². The first kappa shape index (κ1) is 17.3. The summed E-state index contributed by atoms with van der Waals surface area (Å²) in [5.41, 5.74) is 6.48. The Morgan fingerprint density at radius 2 is 1.68 bits per heavy atom. The molecule has 0 radical (unpaired) electrons. The average molecular weight is 287 g/mol. The Balaban J connectivity index is 2.67. The fourth-order valence-corrected chi connectivity index (χ4v) is 4.11. The molecule has 1 aliphatic heterocycles. The lowest BCUT2D eigenvalue weighted by molar-refractivity contribution is 0.0907. The third-order valence-corrected chi connectivity index (χ3v) is 5.62. The van der Waals surface area contributed by atoms with Crippen molar-refractivity contribution in [1.82, 2.24) is 4.90 Å². The van der Waals surface area contributed by atoms with Gasteiger partial charge >= 0.3 is 0 Å². The van der Waals surface area contributed by atoms with E-state index in [1.165, 1.54) is 50.3 Å². The lowest BCUT2D eigenvalue weighted by Gasteiger charge is -2.46. The molecule has 3 heteroatoms. The highest BCUT2D eigenvalue weighted by Crippen LogP contribution is 2.32. The average Bonchev–Trinajstić information content (AvgIpc) is 2.39. The first-order valence-electron chi connectivity index (χ1n) is 8.03. The van der Waals surface area contributed by atoms with Crippen molar-refractivity contribution in [3.8, 4) is 0 Å². The summed E-state index contributed by atoms with van der Waals surface area (Å²) in [4.78, 5) is 2.74. The lowest BCUT2D eigenvalue weighted by atomic mass is 9.91. The molecule has 0 saturated carbocycles. The van der Waals surface area contributed by atoms with Crippen LogP contribution in [-0.2, 0) is 0 Å². The number of rotatable bonds is 8. The van der Waals surface area contributed by atoms with Crippen LogP contribution in [-0.4, -0.2) is 41.6 Å². The highest BCUT2D eigenvalue weighted by atomic mass is 32.2. The summed E-state index contributed by atoms with van der Waals surface area (Å²) in [6.45, 7) is 12.6. The minimum Gasteiger partial charge on any atom is -0.329 e. The van der Waals surface area contributed by atoms with Gasteiger partial charge in [-0.3, -0.25) is 4.90 Å². The van der Waals surface area contributed by atoms with E-state index < -0.39 is 0 Å². The molecule has 0 spiro atoms. The van der Waals surface area contributed by atoms with Crippen molar-refractivity contribution < 1.29 is 0 Å². The van der Waals surface area contributed by atoms with Crippen LogP contribution in [0.4, 0.5) is 0 Å². The monoisotopic (exact) mass is 286 g/mol. The van der Waals surface area contributed by atoms with Gasteiger partial charge in [-0.25, -0.2) is 0 Å². The zero-order valence-electron chi connectivity index (χ0n) is 13.5. The van der Waals surface area contributed by atoms with Gasteiger partial charge < -0.3 is 5.73 Å². The maximum absolute atomic E-state index is 6.20. The highest BCUT2D eigenvalue weighted by molar-refractivity contribution is 7.99. The summed E-state index contributed by atoms with van der Waals surface area (Å²) in [5, 5.41) is 0. The smallest absolute Gasteiger partial charge is 0.0422 e. The standard InChI is InChI=1S/C16H34N2S/c1-14(2)6-9-18(10-7-15(3)4)16(12-17)8-5-11-19-13-16/h14-15H,5-13,17H2,1-4H3. The molecule has 1 aliphatic rings. The second-order valence-electron chi connectivity index (χ2n) is 6.94. The van der Waals surface area contributed by atoms with Crippen molar-refractivity contribution >= 4 is 11.8 Å². The van der Waals surface area contributed by atoms with Gasteiger partial charge in [0, 0.05) is 17.8 Å². The van der Waals surface area contributed by atoms with Crippen LogP contribution in [0.2, 0.25) is 0 Å². The van der Waals surface area contributed by atoms with Crippen molar-refractivity contribution in [2.45, 2.75) is 58.9 Å². The molecule has 114 valence electrons. The third kappa shape index (κ3) is 5.65. The predicted molar refractivity (Wildman–Crippen MR) is 88.8 cm³/mol. The normalized spacial score (nSPS) is 24.6. The summed E-state index contributed by atoms with van der Waals surface area (Å²) in [5.74, 6) is 4.13. The Kier molecular flexibility index (Phi) is 7.78. The minimum atomic E-state index is 0.284. The summed E-state index contributed by atoms with van der Waals surface area (Å²) >= 11 is 2.10. The molecular weight excluding hydrogens is 252 g/mol. The topological polar surface area (TPSA) is 29.3 Å². The van der Waals surface area contributed by atoms with Crippen molar-refractivity contribution in [3.05, 3.63) is 0 Å². The van der Waals surface area contributed by atoms with E-state index in [1.54, 1.807) is 0 Å². The van der Waals surface area contributed by atoms with Crippen molar-refractivity contribution in [2.24, 2.45) is 17.6 Å². The molecule has 0 aromatic rings. The van der Waals surface area contributed by atoms with Crippen molar-refractivity contribution in [3.63, 3.8) is 0 Å². The van der Waals surface area contributed by atoms with E-state index in [0.717, 1.165) is 18.4 Å². The molecule has 1 saturated heterocycles. The van der Waals surface area contributed by atoms with Crippen LogP contribution in [0.15, 0.2) is 0 Å². The summed E-state index contributed by atoms with van der Waals surface area (Å²) in [6, 6.07) is 0. The Bertz CT molecular complexity index is 223. The summed E-state index contributed by atoms with van der Waals surface area (Å²) < 4.78 is 0. The van der Waals surface area contributed by atoms with Crippen LogP contribution in [0, 0.1) is 11.8 Å². The maximum Gasteiger partial charge on any atom is 0.0422 e. The predicted octanol–water partition coefficient (Wildman–Crippen LogP) is 3.61. The first-order chi connectivity index (χ1) is 9.00. The Morgan fingerprint density at radius 3 is 2.05 bits per heavy atom. The molecular formula is C16H34N2S. The first-order valence-corrected chi connectivity index (χ1v) is 9.18. The zero-order chi connectivity index (χ0) is 14.3. The van der Waals surface area contributed by atoms with E-state index in [0.29, 0.717) is 0 Å². The SMILES string of the molecule is CC(C)CCN(CCC(C)C)C1(CN)CCCSC1. The molecule has 0 bridgehead atoms. The van der Waals surface area contributed by atoms with Crippen LogP contribution in [0.25, 0.3) is 0 Å². The second-order valence-corrected chi connectivity index (χ2v) is 8.04. The number of nitrogens with two attached hydrogens (primary N) is 1. The van der Waals surface area contributed by atoms with E-state index in [2.05, 4.69) is 44.4 Å². The van der Waals surface area contributed by atoms with Gasteiger partial charge in [0.1, 0.15) is 0 Å². The van der Waals surface area contributed by atoms with Crippen LogP contribution < -0.4 is 5.73 Å². The Hall–Kier alpha value is 0.270. The second kappa shape index (κ2) is 8.53. The fraction of sp³-hybridized carbons (Fsp3) is 1.00.